The van der Waals surface area contributed by atoms with Crippen molar-refractivity contribution in [1.82, 2.24) is 5.32 Å². The lowest BCUT2D eigenvalue weighted by atomic mass is 10.1. The molecule has 0 radical (unpaired) electrons. The summed E-state index contributed by atoms with van der Waals surface area (Å²) in [5, 5.41) is 3.26. The van der Waals surface area contributed by atoms with Gasteiger partial charge in [0.05, 0.1) is 16.6 Å². The standard InChI is InChI=1S/C22H20ClFN2O3S/c1-14-3-4-17(22(27)25-15(2)16-5-9-19(24)10-6-16)13-21(14)26-30(28,29)20-11-7-18(23)8-12-20/h3-13,15,26H,1-2H3,(H,25,27). The Morgan fingerprint density at radius 2 is 1.63 bits per heavy atom. The highest BCUT2D eigenvalue weighted by Gasteiger charge is 2.17. The quantitative estimate of drug-likeness (QED) is 0.554. The zero-order chi connectivity index (χ0) is 21.9. The van der Waals surface area contributed by atoms with Crippen molar-refractivity contribution < 1.29 is 17.6 Å². The Morgan fingerprint density at radius 1 is 1.00 bits per heavy atom. The van der Waals surface area contributed by atoms with Gasteiger partial charge in [0, 0.05) is 10.6 Å². The van der Waals surface area contributed by atoms with E-state index in [1.807, 2.05) is 0 Å². The molecule has 8 heteroatoms. The molecule has 0 saturated heterocycles. The summed E-state index contributed by atoms with van der Waals surface area (Å²) in [6, 6.07) is 16.0. The molecule has 0 aliphatic rings. The lowest BCUT2D eigenvalue weighted by molar-refractivity contribution is 0.0940. The summed E-state index contributed by atoms with van der Waals surface area (Å²) in [6.45, 7) is 3.52. The van der Waals surface area contributed by atoms with E-state index in [4.69, 9.17) is 11.6 Å². The Morgan fingerprint density at radius 3 is 2.27 bits per heavy atom. The van der Waals surface area contributed by atoms with E-state index in [9.17, 15) is 17.6 Å². The molecule has 1 amide bonds. The van der Waals surface area contributed by atoms with Gasteiger partial charge in [0.2, 0.25) is 0 Å². The van der Waals surface area contributed by atoms with Crippen LogP contribution in [0.4, 0.5) is 10.1 Å². The minimum Gasteiger partial charge on any atom is -0.346 e. The summed E-state index contributed by atoms with van der Waals surface area (Å²) in [4.78, 5) is 12.7. The van der Waals surface area contributed by atoms with Crippen LogP contribution >= 0.6 is 11.6 Å². The lowest BCUT2D eigenvalue weighted by Gasteiger charge is -2.16. The van der Waals surface area contributed by atoms with E-state index in [0.717, 1.165) is 5.56 Å². The third kappa shape index (κ3) is 5.17. The zero-order valence-corrected chi connectivity index (χ0v) is 17.9. The van der Waals surface area contributed by atoms with Gasteiger partial charge in [0.15, 0.2) is 0 Å². The fourth-order valence-corrected chi connectivity index (χ4v) is 4.05. The van der Waals surface area contributed by atoms with E-state index in [0.29, 0.717) is 21.8 Å². The molecular weight excluding hydrogens is 427 g/mol. The van der Waals surface area contributed by atoms with Crippen LogP contribution in [0.3, 0.4) is 0 Å². The Kier molecular flexibility index (Phi) is 6.43. The van der Waals surface area contributed by atoms with Crippen molar-refractivity contribution in [3.8, 4) is 0 Å². The van der Waals surface area contributed by atoms with Crippen molar-refractivity contribution >= 4 is 33.2 Å². The lowest BCUT2D eigenvalue weighted by Crippen LogP contribution is -2.26. The van der Waals surface area contributed by atoms with Gasteiger partial charge in [-0.2, -0.15) is 0 Å². The molecule has 0 heterocycles. The van der Waals surface area contributed by atoms with E-state index in [2.05, 4.69) is 10.0 Å². The van der Waals surface area contributed by atoms with Crippen LogP contribution in [-0.2, 0) is 10.0 Å². The topological polar surface area (TPSA) is 75.3 Å². The number of aryl methyl sites for hydroxylation is 1. The number of hydrogen-bond acceptors (Lipinski definition) is 3. The van der Waals surface area contributed by atoms with Crippen LogP contribution in [0.5, 0.6) is 0 Å². The molecule has 156 valence electrons. The average Bonchev–Trinajstić information content (AvgIpc) is 2.70. The molecule has 1 unspecified atom stereocenters. The van der Waals surface area contributed by atoms with E-state index < -0.39 is 10.0 Å². The van der Waals surface area contributed by atoms with Gasteiger partial charge in [-0.1, -0.05) is 29.8 Å². The molecule has 2 N–H and O–H groups in total. The molecular formula is C22H20ClFN2O3S. The molecule has 3 rings (SSSR count). The second kappa shape index (κ2) is 8.85. The largest absolute Gasteiger partial charge is 0.346 e. The maximum absolute atomic E-state index is 13.1. The highest BCUT2D eigenvalue weighted by atomic mass is 35.5. The van der Waals surface area contributed by atoms with Gasteiger partial charge in [-0.05, 0) is 73.5 Å². The number of nitrogens with one attached hydrogen (secondary N) is 2. The molecule has 3 aromatic rings. The monoisotopic (exact) mass is 446 g/mol. The number of carbonyl (C=O) groups excluding carboxylic acids is 1. The molecule has 0 saturated carbocycles. The van der Waals surface area contributed by atoms with Crippen molar-refractivity contribution in [1.29, 1.82) is 0 Å². The third-order valence-electron chi connectivity index (χ3n) is 4.59. The Balaban J connectivity index is 1.79. The summed E-state index contributed by atoms with van der Waals surface area (Å²) in [7, 11) is -3.84. The van der Waals surface area contributed by atoms with Crippen molar-refractivity contribution in [2.45, 2.75) is 24.8 Å². The molecule has 0 aliphatic carbocycles. The SMILES string of the molecule is Cc1ccc(C(=O)NC(C)c2ccc(F)cc2)cc1NS(=O)(=O)c1ccc(Cl)cc1. The first kappa shape index (κ1) is 21.8. The summed E-state index contributed by atoms with van der Waals surface area (Å²) in [5.74, 6) is -0.729. The Labute approximate surface area is 179 Å². The number of hydrogen-bond donors (Lipinski definition) is 2. The molecule has 0 aromatic heterocycles. The van der Waals surface area contributed by atoms with Crippen molar-refractivity contribution in [2.24, 2.45) is 0 Å². The number of benzene rings is 3. The summed E-state index contributed by atoms with van der Waals surface area (Å²) in [5.41, 5.74) is 2.01. The van der Waals surface area contributed by atoms with Gasteiger partial charge in [0.25, 0.3) is 15.9 Å². The van der Waals surface area contributed by atoms with E-state index >= 15 is 0 Å². The van der Waals surface area contributed by atoms with Crippen LogP contribution in [-0.4, -0.2) is 14.3 Å². The fourth-order valence-electron chi connectivity index (χ4n) is 2.81. The highest BCUT2D eigenvalue weighted by molar-refractivity contribution is 7.92. The van der Waals surface area contributed by atoms with Gasteiger partial charge in [-0.15, -0.1) is 0 Å². The molecule has 0 fully saturated rings. The van der Waals surface area contributed by atoms with Crippen molar-refractivity contribution in [3.05, 3.63) is 94.3 Å². The smallest absolute Gasteiger partial charge is 0.261 e. The average molecular weight is 447 g/mol. The Hall–Kier alpha value is -2.90. The summed E-state index contributed by atoms with van der Waals surface area (Å²) >= 11 is 5.82. The van der Waals surface area contributed by atoms with Crippen LogP contribution in [0.1, 0.15) is 34.5 Å². The molecule has 0 bridgehead atoms. The maximum Gasteiger partial charge on any atom is 0.261 e. The van der Waals surface area contributed by atoms with Crippen LogP contribution in [0.25, 0.3) is 0 Å². The normalized spacial score (nSPS) is 12.3. The predicted molar refractivity (Wildman–Crippen MR) is 116 cm³/mol. The van der Waals surface area contributed by atoms with Crippen LogP contribution < -0.4 is 10.0 Å². The molecule has 30 heavy (non-hydrogen) atoms. The van der Waals surface area contributed by atoms with Gasteiger partial charge >= 0.3 is 0 Å². The van der Waals surface area contributed by atoms with Gasteiger partial charge in [-0.25, -0.2) is 12.8 Å². The van der Waals surface area contributed by atoms with Crippen LogP contribution in [0, 0.1) is 12.7 Å². The summed E-state index contributed by atoms with van der Waals surface area (Å²) < 4.78 is 40.9. The van der Waals surface area contributed by atoms with Gasteiger partial charge < -0.3 is 5.32 Å². The highest BCUT2D eigenvalue weighted by Crippen LogP contribution is 2.23. The van der Waals surface area contributed by atoms with Crippen LogP contribution in [0.2, 0.25) is 5.02 Å². The zero-order valence-electron chi connectivity index (χ0n) is 16.3. The first-order valence-electron chi connectivity index (χ1n) is 9.11. The minimum atomic E-state index is -3.84. The Bertz CT molecular complexity index is 1160. The molecule has 3 aromatic carbocycles. The third-order valence-corrected chi connectivity index (χ3v) is 6.22. The fraction of sp³-hybridized carbons (Fsp3) is 0.136. The molecule has 0 aliphatic heterocycles. The number of anilines is 1. The van der Waals surface area contributed by atoms with E-state index in [-0.39, 0.29) is 22.7 Å². The predicted octanol–water partition coefficient (Wildman–Crippen LogP) is 5.08. The van der Waals surface area contributed by atoms with Crippen molar-refractivity contribution in [3.63, 3.8) is 0 Å². The first-order valence-corrected chi connectivity index (χ1v) is 11.0. The number of halogens is 2. The molecule has 5 nitrogen and oxygen atoms in total. The number of amides is 1. The second-order valence-corrected chi connectivity index (χ2v) is 8.95. The number of rotatable bonds is 6. The number of carbonyl (C=O) groups is 1. The van der Waals surface area contributed by atoms with Crippen LogP contribution in [0.15, 0.2) is 71.6 Å². The van der Waals surface area contributed by atoms with Crippen molar-refractivity contribution in [2.75, 3.05) is 4.72 Å². The van der Waals surface area contributed by atoms with E-state index in [1.54, 1.807) is 38.1 Å². The first-order chi connectivity index (χ1) is 14.2. The number of sulfonamides is 1. The second-order valence-electron chi connectivity index (χ2n) is 6.84. The maximum atomic E-state index is 13.1. The van der Waals surface area contributed by atoms with Gasteiger partial charge in [0.1, 0.15) is 5.82 Å². The van der Waals surface area contributed by atoms with Gasteiger partial charge in [-0.3, -0.25) is 9.52 Å². The molecule has 0 spiro atoms. The molecule has 1 atom stereocenters. The minimum absolute atomic E-state index is 0.0612. The summed E-state index contributed by atoms with van der Waals surface area (Å²) in [6.07, 6.45) is 0. The van der Waals surface area contributed by atoms with E-state index in [1.165, 1.54) is 42.5 Å².